The molecular formula is C16H10ClN3O5. The van der Waals surface area contributed by atoms with Gasteiger partial charge in [0, 0.05) is 11.1 Å². The van der Waals surface area contributed by atoms with Crippen molar-refractivity contribution in [3.8, 4) is 0 Å². The summed E-state index contributed by atoms with van der Waals surface area (Å²) < 4.78 is 5.03. The molecule has 0 atom stereocenters. The molecule has 25 heavy (non-hydrogen) atoms. The number of aromatic amines is 1. The number of hydrogen-bond donors (Lipinski definition) is 1. The molecule has 0 spiro atoms. The Labute approximate surface area is 145 Å². The van der Waals surface area contributed by atoms with E-state index in [0.29, 0.717) is 10.9 Å². The number of nitro benzene ring substituents is 1. The first kappa shape index (κ1) is 16.6. The summed E-state index contributed by atoms with van der Waals surface area (Å²) in [6, 6.07) is 10.3. The van der Waals surface area contributed by atoms with Gasteiger partial charge in [-0.1, -0.05) is 23.7 Å². The largest absolute Gasteiger partial charge is 0.454 e. The van der Waals surface area contributed by atoms with E-state index in [0.717, 1.165) is 12.1 Å². The second-order valence-electron chi connectivity index (χ2n) is 5.02. The molecule has 0 saturated carbocycles. The van der Waals surface area contributed by atoms with E-state index in [4.69, 9.17) is 16.3 Å². The number of halogens is 1. The van der Waals surface area contributed by atoms with Gasteiger partial charge in [-0.3, -0.25) is 14.9 Å². The highest BCUT2D eigenvalue weighted by atomic mass is 35.5. The number of rotatable bonds is 4. The van der Waals surface area contributed by atoms with Gasteiger partial charge in [-0.2, -0.15) is 0 Å². The van der Waals surface area contributed by atoms with E-state index in [2.05, 4.69) is 9.97 Å². The van der Waals surface area contributed by atoms with Gasteiger partial charge < -0.3 is 9.72 Å². The molecule has 0 aliphatic rings. The Hall–Kier alpha value is -3.26. The third-order valence-electron chi connectivity index (χ3n) is 3.38. The molecule has 1 aromatic heterocycles. The maximum absolute atomic E-state index is 12.1. The maximum Gasteiger partial charge on any atom is 0.345 e. The minimum Gasteiger partial charge on any atom is -0.454 e. The number of H-pyrrole nitrogens is 1. The normalized spacial score (nSPS) is 10.6. The average molecular weight is 360 g/mol. The number of benzene rings is 2. The van der Waals surface area contributed by atoms with Crippen molar-refractivity contribution in [1.29, 1.82) is 0 Å². The molecule has 9 heteroatoms. The van der Waals surface area contributed by atoms with Gasteiger partial charge in [-0.25, -0.2) is 9.78 Å². The highest BCUT2D eigenvalue weighted by molar-refractivity contribution is 6.31. The quantitative estimate of drug-likeness (QED) is 0.435. The second-order valence-corrected chi connectivity index (χ2v) is 5.46. The van der Waals surface area contributed by atoms with Crippen molar-refractivity contribution < 1.29 is 14.5 Å². The number of para-hydroxylation sites is 1. The van der Waals surface area contributed by atoms with E-state index >= 15 is 0 Å². The van der Waals surface area contributed by atoms with Gasteiger partial charge in [0.2, 0.25) is 0 Å². The second kappa shape index (κ2) is 6.70. The number of nitrogens with one attached hydrogen (secondary N) is 1. The first-order valence-corrected chi connectivity index (χ1v) is 7.42. The number of carbonyl (C=O) groups excluding carboxylic acids is 1. The molecule has 1 heterocycles. The molecule has 3 rings (SSSR count). The third-order valence-corrected chi connectivity index (χ3v) is 3.61. The van der Waals surface area contributed by atoms with Gasteiger partial charge in [0.15, 0.2) is 0 Å². The summed E-state index contributed by atoms with van der Waals surface area (Å²) in [6.45, 7) is -0.345. The summed E-state index contributed by atoms with van der Waals surface area (Å²) >= 11 is 5.78. The fourth-order valence-electron chi connectivity index (χ4n) is 2.25. The Kier molecular flexibility index (Phi) is 4.44. The van der Waals surface area contributed by atoms with Crippen LogP contribution in [0.15, 0.2) is 47.3 Å². The van der Waals surface area contributed by atoms with E-state index in [1.807, 2.05) is 0 Å². The van der Waals surface area contributed by atoms with E-state index in [1.54, 1.807) is 24.3 Å². The predicted octanol–water partition coefficient (Wildman–Crippen LogP) is 2.84. The summed E-state index contributed by atoms with van der Waals surface area (Å²) in [7, 11) is 0. The molecule has 2 aromatic carbocycles. The van der Waals surface area contributed by atoms with Gasteiger partial charge >= 0.3 is 5.97 Å². The zero-order valence-corrected chi connectivity index (χ0v) is 13.3. The van der Waals surface area contributed by atoms with E-state index in [-0.39, 0.29) is 28.6 Å². The summed E-state index contributed by atoms with van der Waals surface area (Å²) in [6.07, 6.45) is 0. The van der Waals surface area contributed by atoms with Crippen molar-refractivity contribution >= 4 is 34.2 Å². The fraction of sp³-hybridized carbons (Fsp3) is 0.0625. The molecule has 0 unspecified atom stereocenters. The van der Waals surface area contributed by atoms with Crippen LogP contribution >= 0.6 is 11.6 Å². The Morgan fingerprint density at radius 1 is 1.28 bits per heavy atom. The zero-order valence-electron chi connectivity index (χ0n) is 12.6. The average Bonchev–Trinajstić information content (AvgIpc) is 2.59. The summed E-state index contributed by atoms with van der Waals surface area (Å²) in [5, 5.41) is 11.6. The molecule has 0 aliphatic carbocycles. The lowest BCUT2D eigenvalue weighted by molar-refractivity contribution is -0.385. The molecule has 126 valence electrons. The third kappa shape index (κ3) is 3.48. The number of esters is 1. The SMILES string of the molecule is O=C(OCc1nc2ccccc2c(=O)[nH]1)c1cc(Cl)ccc1[N+](=O)[O-]. The van der Waals surface area contributed by atoms with Gasteiger partial charge in [-0.05, 0) is 24.3 Å². The fourth-order valence-corrected chi connectivity index (χ4v) is 2.42. The summed E-state index contributed by atoms with van der Waals surface area (Å²) in [5.41, 5.74) is -0.619. The van der Waals surface area contributed by atoms with Crippen LogP contribution in [0, 0.1) is 10.1 Å². The van der Waals surface area contributed by atoms with Crippen molar-refractivity contribution in [2.75, 3.05) is 0 Å². The number of carbonyl (C=O) groups is 1. The van der Waals surface area contributed by atoms with Crippen LogP contribution in [-0.2, 0) is 11.3 Å². The highest BCUT2D eigenvalue weighted by Crippen LogP contribution is 2.23. The lowest BCUT2D eigenvalue weighted by Crippen LogP contribution is -2.15. The van der Waals surface area contributed by atoms with E-state index in [1.165, 1.54) is 6.07 Å². The molecule has 0 aliphatic heterocycles. The molecule has 3 aromatic rings. The zero-order chi connectivity index (χ0) is 18.0. The Morgan fingerprint density at radius 3 is 2.80 bits per heavy atom. The lowest BCUT2D eigenvalue weighted by atomic mass is 10.2. The predicted molar refractivity (Wildman–Crippen MR) is 89.6 cm³/mol. The minimum atomic E-state index is -0.940. The van der Waals surface area contributed by atoms with Crippen LogP contribution in [0.5, 0.6) is 0 Å². The lowest BCUT2D eigenvalue weighted by Gasteiger charge is -2.06. The van der Waals surface area contributed by atoms with E-state index < -0.39 is 16.6 Å². The molecule has 0 bridgehead atoms. The van der Waals surface area contributed by atoms with Crippen LogP contribution < -0.4 is 5.56 Å². The van der Waals surface area contributed by atoms with Crippen LogP contribution in [0.4, 0.5) is 5.69 Å². The van der Waals surface area contributed by atoms with Crippen LogP contribution in [-0.4, -0.2) is 20.9 Å². The molecule has 8 nitrogen and oxygen atoms in total. The maximum atomic E-state index is 12.1. The van der Waals surface area contributed by atoms with Crippen LogP contribution in [0.1, 0.15) is 16.2 Å². The summed E-state index contributed by atoms with van der Waals surface area (Å²) in [4.78, 5) is 41.1. The molecule has 0 fully saturated rings. The Morgan fingerprint density at radius 2 is 2.04 bits per heavy atom. The number of fused-ring (bicyclic) bond motifs is 1. The van der Waals surface area contributed by atoms with Crippen molar-refractivity contribution in [3.05, 3.63) is 79.3 Å². The van der Waals surface area contributed by atoms with Crippen LogP contribution in [0.3, 0.4) is 0 Å². The first-order valence-electron chi connectivity index (χ1n) is 7.04. The van der Waals surface area contributed by atoms with Crippen molar-refractivity contribution in [3.63, 3.8) is 0 Å². The standard InChI is InChI=1S/C16H10ClN3O5/c17-9-5-6-13(20(23)24)11(7-9)16(22)25-8-14-18-12-4-2-1-3-10(12)15(21)19-14/h1-7H,8H2,(H,18,19,21). The highest BCUT2D eigenvalue weighted by Gasteiger charge is 2.22. The molecule has 1 N–H and O–H groups in total. The topological polar surface area (TPSA) is 115 Å². The number of aromatic nitrogens is 2. The summed E-state index contributed by atoms with van der Waals surface area (Å²) in [5.74, 6) is -0.813. The van der Waals surface area contributed by atoms with Crippen LogP contribution in [0.2, 0.25) is 5.02 Å². The first-order chi connectivity index (χ1) is 12.0. The van der Waals surface area contributed by atoms with Gasteiger partial charge in [0.1, 0.15) is 18.0 Å². The van der Waals surface area contributed by atoms with Gasteiger partial charge in [-0.15, -0.1) is 0 Å². The van der Waals surface area contributed by atoms with Gasteiger partial charge in [0.25, 0.3) is 11.2 Å². The molecule has 0 amide bonds. The van der Waals surface area contributed by atoms with Gasteiger partial charge in [0.05, 0.1) is 15.8 Å². The number of nitro groups is 1. The molecular weight excluding hydrogens is 350 g/mol. The number of hydrogen-bond acceptors (Lipinski definition) is 6. The number of ether oxygens (including phenoxy) is 1. The minimum absolute atomic E-state index is 0.127. The Balaban J connectivity index is 1.85. The van der Waals surface area contributed by atoms with Crippen LogP contribution in [0.25, 0.3) is 10.9 Å². The van der Waals surface area contributed by atoms with E-state index in [9.17, 15) is 19.7 Å². The molecule has 0 saturated heterocycles. The monoisotopic (exact) mass is 359 g/mol. The van der Waals surface area contributed by atoms with Crippen molar-refractivity contribution in [1.82, 2.24) is 9.97 Å². The smallest absolute Gasteiger partial charge is 0.345 e. The van der Waals surface area contributed by atoms with Crippen molar-refractivity contribution in [2.45, 2.75) is 6.61 Å². The molecule has 0 radical (unpaired) electrons. The Bertz CT molecular complexity index is 1050. The van der Waals surface area contributed by atoms with Crippen molar-refractivity contribution in [2.24, 2.45) is 0 Å². The number of nitrogens with zero attached hydrogens (tertiary/aromatic N) is 2.